The summed E-state index contributed by atoms with van der Waals surface area (Å²) in [5.74, 6) is 0.159. The number of carbonyl (C=O) groups is 2. The second-order valence-electron chi connectivity index (χ2n) is 6.76. The maximum atomic E-state index is 12.3. The highest BCUT2D eigenvalue weighted by molar-refractivity contribution is 5.80. The van der Waals surface area contributed by atoms with E-state index >= 15 is 0 Å². The molecule has 0 bridgehead atoms. The van der Waals surface area contributed by atoms with E-state index in [9.17, 15) is 14.7 Å². The summed E-state index contributed by atoms with van der Waals surface area (Å²) in [5.41, 5.74) is 0.407. The first kappa shape index (κ1) is 16.6. The zero-order valence-electron chi connectivity index (χ0n) is 14.0. The second-order valence-corrected chi connectivity index (χ2v) is 6.76. The molecule has 2 fully saturated rings. The number of urea groups is 1. The van der Waals surface area contributed by atoms with Gasteiger partial charge in [-0.1, -0.05) is 18.6 Å². The third-order valence-electron chi connectivity index (χ3n) is 5.43. The molecule has 6 nitrogen and oxygen atoms in total. The van der Waals surface area contributed by atoms with Gasteiger partial charge in [-0.15, -0.1) is 0 Å². The van der Waals surface area contributed by atoms with Crippen LogP contribution in [0.2, 0.25) is 0 Å². The van der Waals surface area contributed by atoms with Crippen LogP contribution in [-0.2, 0) is 11.2 Å². The van der Waals surface area contributed by atoms with Crippen molar-refractivity contribution in [1.29, 1.82) is 0 Å². The minimum absolute atomic E-state index is 0.0994. The summed E-state index contributed by atoms with van der Waals surface area (Å²) < 4.78 is 5.12. The third-order valence-corrected chi connectivity index (χ3v) is 5.43. The van der Waals surface area contributed by atoms with Crippen LogP contribution in [0.4, 0.5) is 4.79 Å². The quantitative estimate of drug-likeness (QED) is 0.866. The van der Waals surface area contributed by atoms with Crippen molar-refractivity contribution in [2.45, 2.75) is 25.7 Å². The van der Waals surface area contributed by atoms with Gasteiger partial charge in [0.1, 0.15) is 5.75 Å². The van der Waals surface area contributed by atoms with E-state index in [1.165, 1.54) is 0 Å². The van der Waals surface area contributed by atoms with Crippen LogP contribution in [0.3, 0.4) is 0 Å². The Morgan fingerprint density at radius 2 is 2.12 bits per heavy atom. The number of fused-ring (bicyclic) bond motifs is 1. The molecule has 1 aromatic rings. The van der Waals surface area contributed by atoms with Crippen LogP contribution in [0.5, 0.6) is 5.75 Å². The topological polar surface area (TPSA) is 78.9 Å². The SMILES string of the molecule is COc1ccc(CCNC(=O)N2C[C@@H]3CCC[C@@]3(C(=O)O)C2)cc1. The molecule has 2 aliphatic rings. The standard InChI is InChI=1S/C18H24N2O4/c1-24-15-6-4-13(5-7-15)8-10-19-17(23)20-11-14-3-2-9-18(14,12-20)16(21)22/h4-7,14H,2-3,8-12H2,1H3,(H,19,23)(H,21,22)/t14-,18+/m0/s1. The summed E-state index contributed by atoms with van der Waals surface area (Å²) in [7, 11) is 1.63. The summed E-state index contributed by atoms with van der Waals surface area (Å²) in [6, 6.07) is 7.60. The van der Waals surface area contributed by atoms with Crippen LogP contribution in [-0.4, -0.2) is 48.8 Å². The van der Waals surface area contributed by atoms with Crippen LogP contribution >= 0.6 is 0 Å². The first-order valence-corrected chi connectivity index (χ1v) is 8.44. The molecule has 2 amide bonds. The van der Waals surface area contributed by atoms with Crippen molar-refractivity contribution in [2.24, 2.45) is 11.3 Å². The van der Waals surface area contributed by atoms with Crippen molar-refractivity contribution in [3.05, 3.63) is 29.8 Å². The number of rotatable bonds is 5. The first-order chi connectivity index (χ1) is 11.5. The van der Waals surface area contributed by atoms with Crippen molar-refractivity contribution in [3.8, 4) is 5.75 Å². The largest absolute Gasteiger partial charge is 0.497 e. The lowest BCUT2D eigenvalue weighted by atomic mass is 9.81. The lowest BCUT2D eigenvalue weighted by Gasteiger charge is -2.23. The van der Waals surface area contributed by atoms with E-state index in [2.05, 4.69) is 5.32 Å². The predicted octanol–water partition coefficient (Wildman–Crippen LogP) is 2.13. The molecule has 0 spiro atoms. The molecular formula is C18H24N2O4. The molecule has 1 saturated carbocycles. The monoisotopic (exact) mass is 332 g/mol. The number of nitrogens with one attached hydrogen (secondary N) is 1. The number of methoxy groups -OCH3 is 1. The molecule has 1 saturated heterocycles. The number of ether oxygens (including phenoxy) is 1. The van der Waals surface area contributed by atoms with Gasteiger partial charge in [-0.05, 0) is 42.9 Å². The molecule has 1 aromatic carbocycles. The molecule has 1 aliphatic heterocycles. The molecule has 6 heteroatoms. The summed E-state index contributed by atoms with van der Waals surface area (Å²) in [4.78, 5) is 25.7. The molecule has 24 heavy (non-hydrogen) atoms. The van der Waals surface area contributed by atoms with Gasteiger partial charge in [0, 0.05) is 19.6 Å². The van der Waals surface area contributed by atoms with Crippen LogP contribution in [0.15, 0.2) is 24.3 Å². The molecule has 130 valence electrons. The van der Waals surface area contributed by atoms with Gasteiger partial charge >= 0.3 is 12.0 Å². The Morgan fingerprint density at radius 3 is 2.75 bits per heavy atom. The highest BCUT2D eigenvalue weighted by Gasteiger charge is 2.55. The Hall–Kier alpha value is -2.24. The lowest BCUT2D eigenvalue weighted by molar-refractivity contribution is -0.149. The average molecular weight is 332 g/mol. The van der Waals surface area contributed by atoms with Crippen molar-refractivity contribution in [2.75, 3.05) is 26.7 Å². The van der Waals surface area contributed by atoms with Crippen molar-refractivity contribution in [1.82, 2.24) is 10.2 Å². The Kier molecular flexibility index (Phi) is 4.64. The van der Waals surface area contributed by atoms with Crippen LogP contribution < -0.4 is 10.1 Å². The average Bonchev–Trinajstić information content (AvgIpc) is 3.13. The molecule has 3 rings (SSSR count). The number of benzene rings is 1. The van der Waals surface area contributed by atoms with Crippen molar-refractivity contribution >= 4 is 12.0 Å². The molecular weight excluding hydrogens is 308 g/mol. The Bertz CT molecular complexity index is 616. The van der Waals surface area contributed by atoms with Crippen LogP contribution in [0, 0.1) is 11.3 Å². The Morgan fingerprint density at radius 1 is 1.38 bits per heavy atom. The van der Waals surface area contributed by atoms with Gasteiger partial charge < -0.3 is 20.1 Å². The fourth-order valence-electron chi connectivity index (χ4n) is 4.01. The Balaban J connectivity index is 1.50. The van der Waals surface area contributed by atoms with Gasteiger partial charge in [-0.25, -0.2) is 4.79 Å². The molecule has 0 aromatic heterocycles. The summed E-state index contributed by atoms with van der Waals surface area (Å²) in [6.07, 6.45) is 3.27. The number of carbonyl (C=O) groups excluding carboxylic acids is 1. The summed E-state index contributed by atoms with van der Waals surface area (Å²) in [5, 5.41) is 12.5. The van der Waals surface area contributed by atoms with Gasteiger partial charge in [0.2, 0.25) is 0 Å². The van der Waals surface area contributed by atoms with E-state index in [1.54, 1.807) is 12.0 Å². The van der Waals surface area contributed by atoms with E-state index in [4.69, 9.17) is 4.74 Å². The van der Waals surface area contributed by atoms with Gasteiger partial charge in [-0.2, -0.15) is 0 Å². The predicted molar refractivity (Wildman–Crippen MR) is 89.1 cm³/mol. The van der Waals surface area contributed by atoms with Gasteiger partial charge in [0.15, 0.2) is 0 Å². The molecule has 0 radical (unpaired) electrons. The zero-order valence-corrected chi connectivity index (χ0v) is 14.0. The number of hydrogen-bond donors (Lipinski definition) is 2. The fourth-order valence-corrected chi connectivity index (χ4v) is 4.01. The Labute approximate surface area is 141 Å². The number of hydrogen-bond acceptors (Lipinski definition) is 3. The number of nitrogens with zero attached hydrogens (tertiary/aromatic N) is 1. The number of carboxylic acids is 1. The van der Waals surface area contributed by atoms with Crippen LogP contribution in [0.25, 0.3) is 0 Å². The summed E-state index contributed by atoms with van der Waals surface area (Å²) in [6.45, 7) is 1.43. The van der Waals surface area contributed by atoms with Crippen molar-refractivity contribution in [3.63, 3.8) is 0 Å². The van der Waals surface area contributed by atoms with Crippen LogP contribution in [0.1, 0.15) is 24.8 Å². The lowest BCUT2D eigenvalue weighted by Crippen LogP contribution is -2.42. The number of amides is 2. The van der Waals surface area contributed by atoms with E-state index in [0.717, 1.165) is 30.6 Å². The number of aliphatic carboxylic acids is 1. The maximum absolute atomic E-state index is 12.3. The highest BCUT2D eigenvalue weighted by atomic mass is 16.5. The molecule has 0 unspecified atom stereocenters. The minimum Gasteiger partial charge on any atom is -0.497 e. The minimum atomic E-state index is -0.751. The van der Waals surface area contributed by atoms with Crippen molar-refractivity contribution < 1.29 is 19.4 Å². The zero-order chi connectivity index (χ0) is 17.2. The number of carboxylic acid groups (broad SMARTS) is 1. The normalized spacial score (nSPS) is 25.4. The molecule has 2 N–H and O–H groups in total. The second kappa shape index (κ2) is 6.71. The molecule has 2 atom stereocenters. The third kappa shape index (κ3) is 3.05. The summed E-state index contributed by atoms with van der Waals surface area (Å²) >= 11 is 0. The first-order valence-electron chi connectivity index (χ1n) is 8.44. The van der Waals surface area contributed by atoms with Gasteiger partial charge in [-0.3, -0.25) is 4.79 Å². The van der Waals surface area contributed by atoms with E-state index in [0.29, 0.717) is 26.1 Å². The van der Waals surface area contributed by atoms with Gasteiger partial charge in [0.25, 0.3) is 0 Å². The van der Waals surface area contributed by atoms with E-state index < -0.39 is 11.4 Å². The fraction of sp³-hybridized carbons (Fsp3) is 0.556. The maximum Gasteiger partial charge on any atom is 0.317 e. The smallest absolute Gasteiger partial charge is 0.317 e. The number of likely N-dealkylation sites (tertiary alicyclic amines) is 1. The van der Waals surface area contributed by atoms with E-state index in [-0.39, 0.29) is 11.9 Å². The van der Waals surface area contributed by atoms with E-state index in [1.807, 2.05) is 24.3 Å². The molecule has 1 heterocycles. The molecule has 1 aliphatic carbocycles. The highest BCUT2D eigenvalue weighted by Crippen LogP contribution is 2.48. The van der Waals surface area contributed by atoms with Gasteiger partial charge in [0.05, 0.1) is 12.5 Å².